The Kier molecular flexibility index (Phi) is 51.4. The molecule has 0 aromatic rings. The van der Waals surface area contributed by atoms with Crippen molar-refractivity contribution >= 4 is 11.9 Å². The largest absolute Gasteiger partial charge is 0.462 e. The average molecular weight is 869 g/mol. The van der Waals surface area contributed by atoms with E-state index in [0.29, 0.717) is 19.4 Å². The second kappa shape index (κ2) is 53.2. The normalized spacial score (nSPS) is 12.5. The minimum Gasteiger partial charge on any atom is -0.462 e. The highest BCUT2D eigenvalue weighted by Crippen LogP contribution is 2.15. The Morgan fingerprint density at radius 3 is 1.10 bits per heavy atom. The smallest absolute Gasteiger partial charge is 0.306 e. The summed E-state index contributed by atoms with van der Waals surface area (Å²) < 4.78 is 17.4. The van der Waals surface area contributed by atoms with E-state index in [1.807, 2.05) is 0 Å². The number of hydrogen-bond donors (Lipinski definition) is 0. The van der Waals surface area contributed by atoms with Gasteiger partial charge >= 0.3 is 11.9 Å². The van der Waals surface area contributed by atoms with Gasteiger partial charge in [0.25, 0.3) is 0 Å². The number of allylic oxidation sites excluding steroid dienone is 8. The molecule has 0 spiro atoms. The molecule has 0 aliphatic carbocycles. The minimum atomic E-state index is -0.544. The van der Waals surface area contributed by atoms with Gasteiger partial charge in [0.2, 0.25) is 0 Å². The zero-order chi connectivity index (χ0) is 44.9. The van der Waals surface area contributed by atoms with Crippen LogP contribution in [0.2, 0.25) is 0 Å². The molecule has 0 rings (SSSR count). The maximum Gasteiger partial charge on any atom is 0.306 e. The summed E-state index contributed by atoms with van der Waals surface area (Å²) in [7, 11) is 0. The summed E-state index contributed by atoms with van der Waals surface area (Å²) in [4.78, 5) is 25.4. The standard InChI is InChI=1S/C57H104O5/c1-4-7-10-13-16-19-22-25-28-31-34-37-40-43-46-49-52-60-53-55(62-57(59)51-48-45-42-39-36-33-30-27-24-21-18-15-12-9-6-3)54-61-56(58)50-47-44-41-38-35-32-29-26-23-20-17-14-11-8-5-2/h16-17,19-20,25-26,28-29,55H,4-15,18,21-24,27,30-54H2,1-3H3/b19-16-,20-17-,28-25-,29-26-. The van der Waals surface area contributed by atoms with E-state index in [9.17, 15) is 9.59 Å². The van der Waals surface area contributed by atoms with Gasteiger partial charge in [0, 0.05) is 19.4 Å². The number of unbranched alkanes of at least 4 members (excludes halogenated alkanes) is 31. The van der Waals surface area contributed by atoms with E-state index in [1.165, 1.54) is 180 Å². The molecule has 0 aromatic carbocycles. The van der Waals surface area contributed by atoms with E-state index in [2.05, 4.69) is 69.4 Å². The maximum absolute atomic E-state index is 12.8. The molecule has 1 atom stereocenters. The van der Waals surface area contributed by atoms with E-state index < -0.39 is 6.10 Å². The van der Waals surface area contributed by atoms with Gasteiger partial charge in [-0.1, -0.05) is 230 Å². The maximum atomic E-state index is 12.8. The number of rotatable bonds is 50. The minimum absolute atomic E-state index is 0.0768. The van der Waals surface area contributed by atoms with Crippen LogP contribution in [0.5, 0.6) is 0 Å². The predicted molar refractivity (Wildman–Crippen MR) is 270 cm³/mol. The number of esters is 2. The SMILES string of the molecule is CCCCC/C=C\C/C=C\CCCCCCCCOCC(COC(=O)CCCCCCC/C=C\C/C=C\CCCCC)OC(=O)CCCCCCCCCCCCCCCCC. The third-order valence-electron chi connectivity index (χ3n) is 11.8. The molecule has 0 fully saturated rings. The van der Waals surface area contributed by atoms with Gasteiger partial charge in [-0.3, -0.25) is 9.59 Å². The van der Waals surface area contributed by atoms with Gasteiger partial charge in [-0.15, -0.1) is 0 Å². The van der Waals surface area contributed by atoms with E-state index in [0.717, 1.165) is 64.2 Å². The molecule has 1 unspecified atom stereocenters. The highest BCUT2D eigenvalue weighted by atomic mass is 16.6. The van der Waals surface area contributed by atoms with Gasteiger partial charge in [-0.05, 0) is 83.5 Å². The predicted octanol–water partition coefficient (Wildman–Crippen LogP) is 18.3. The summed E-state index contributed by atoms with van der Waals surface area (Å²) in [6.07, 6.45) is 65.4. The van der Waals surface area contributed by atoms with Gasteiger partial charge in [0.15, 0.2) is 6.10 Å². The summed E-state index contributed by atoms with van der Waals surface area (Å²) in [5.41, 5.74) is 0. The number of carbonyl (C=O) groups is 2. The van der Waals surface area contributed by atoms with Gasteiger partial charge in [0.1, 0.15) is 6.61 Å². The van der Waals surface area contributed by atoms with Crippen LogP contribution in [-0.2, 0) is 23.8 Å². The van der Waals surface area contributed by atoms with Crippen LogP contribution >= 0.6 is 0 Å². The van der Waals surface area contributed by atoms with Crippen LogP contribution in [0, 0.1) is 0 Å². The molecule has 0 bridgehead atoms. The van der Waals surface area contributed by atoms with Crippen molar-refractivity contribution in [1.29, 1.82) is 0 Å². The molecule has 0 saturated carbocycles. The lowest BCUT2D eigenvalue weighted by atomic mass is 10.0. The Bertz CT molecular complexity index is 1030. The van der Waals surface area contributed by atoms with Gasteiger partial charge in [-0.25, -0.2) is 0 Å². The summed E-state index contributed by atoms with van der Waals surface area (Å²) >= 11 is 0. The second-order valence-electron chi connectivity index (χ2n) is 18.1. The Morgan fingerprint density at radius 1 is 0.355 bits per heavy atom. The second-order valence-corrected chi connectivity index (χ2v) is 18.1. The fourth-order valence-corrected chi connectivity index (χ4v) is 7.75. The molecule has 0 aromatic heterocycles. The fourth-order valence-electron chi connectivity index (χ4n) is 7.75. The fraction of sp³-hybridized carbons (Fsp3) is 0.825. The average Bonchev–Trinajstić information content (AvgIpc) is 3.27. The molecule has 0 aliphatic heterocycles. The van der Waals surface area contributed by atoms with Gasteiger partial charge in [0.05, 0.1) is 6.61 Å². The molecular formula is C57H104O5. The molecule has 0 amide bonds. The van der Waals surface area contributed by atoms with Gasteiger partial charge < -0.3 is 14.2 Å². The summed E-state index contributed by atoms with van der Waals surface area (Å²) in [6.45, 7) is 7.78. The first kappa shape index (κ1) is 59.9. The van der Waals surface area contributed by atoms with Crippen molar-refractivity contribution < 1.29 is 23.8 Å². The van der Waals surface area contributed by atoms with Crippen LogP contribution in [-0.4, -0.2) is 37.9 Å². The first-order valence-corrected chi connectivity index (χ1v) is 27.2. The third-order valence-corrected chi connectivity index (χ3v) is 11.8. The van der Waals surface area contributed by atoms with Crippen molar-refractivity contribution in [3.63, 3.8) is 0 Å². The van der Waals surface area contributed by atoms with E-state index in [-0.39, 0.29) is 25.2 Å². The zero-order valence-corrected chi connectivity index (χ0v) is 41.6. The number of carbonyl (C=O) groups excluding carboxylic acids is 2. The monoisotopic (exact) mass is 869 g/mol. The van der Waals surface area contributed by atoms with E-state index >= 15 is 0 Å². The van der Waals surface area contributed by atoms with Crippen molar-refractivity contribution in [2.45, 2.75) is 284 Å². The van der Waals surface area contributed by atoms with Crippen LogP contribution in [0.25, 0.3) is 0 Å². The van der Waals surface area contributed by atoms with Crippen molar-refractivity contribution in [2.24, 2.45) is 0 Å². The van der Waals surface area contributed by atoms with Gasteiger partial charge in [-0.2, -0.15) is 0 Å². The van der Waals surface area contributed by atoms with Crippen LogP contribution in [0.4, 0.5) is 0 Å². The lowest BCUT2D eigenvalue weighted by molar-refractivity contribution is -0.163. The van der Waals surface area contributed by atoms with Crippen molar-refractivity contribution in [1.82, 2.24) is 0 Å². The van der Waals surface area contributed by atoms with Crippen LogP contribution < -0.4 is 0 Å². The lowest BCUT2D eigenvalue weighted by Crippen LogP contribution is -2.30. The highest BCUT2D eigenvalue weighted by Gasteiger charge is 2.17. The van der Waals surface area contributed by atoms with Crippen molar-refractivity contribution in [3.8, 4) is 0 Å². The molecule has 0 heterocycles. The summed E-state index contributed by atoms with van der Waals surface area (Å²) in [5.74, 6) is -0.406. The topological polar surface area (TPSA) is 61.8 Å². The Balaban J connectivity index is 4.29. The Labute approximate surface area is 386 Å². The van der Waals surface area contributed by atoms with Crippen molar-refractivity contribution in [3.05, 3.63) is 48.6 Å². The number of hydrogen-bond acceptors (Lipinski definition) is 5. The molecule has 62 heavy (non-hydrogen) atoms. The molecule has 362 valence electrons. The molecule has 5 heteroatoms. The molecule has 0 radical (unpaired) electrons. The molecule has 0 saturated heterocycles. The molecule has 0 N–H and O–H groups in total. The third kappa shape index (κ3) is 50.5. The first-order valence-electron chi connectivity index (χ1n) is 27.2. The number of ether oxygens (including phenoxy) is 3. The quantitative estimate of drug-likeness (QED) is 0.0346. The van der Waals surface area contributed by atoms with Crippen LogP contribution in [0.15, 0.2) is 48.6 Å². The zero-order valence-electron chi connectivity index (χ0n) is 41.6. The molecular weight excluding hydrogens is 765 g/mol. The van der Waals surface area contributed by atoms with Crippen LogP contribution in [0.3, 0.4) is 0 Å². The Morgan fingerprint density at radius 2 is 0.677 bits per heavy atom. The first-order chi connectivity index (χ1) is 30.6. The lowest BCUT2D eigenvalue weighted by Gasteiger charge is -2.18. The van der Waals surface area contributed by atoms with Crippen LogP contribution in [0.1, 0.15) is 278 Å². The Hall–Kier alpha value is -2.14. The van der Waals surface area contributed by atoms with E-state index in [1.54, 1.807) is 0 Å². The highest BCUT2D eigenvalue weighted by molar-refractivity contribution is 5.70. The summed E-state index contributed by atoms with van der Waals surface area (Å²) in [6, 6.07) is 0. The molecule has 5 nitrogen and oxygen atoms in total. The molecule has 0 aliphatic rings. The summed E-state index contributed by atoms with van der Waals surface area (Å²) in [5, 5.41) is 0. The van der Waals surface area contributed by atoms with Crippen molar-refractivity contribution in [2.75, 3.05) is 19.8 Å². The van der Waals surface area contributed by atoms with E-state index in [4.69, 9.17) is 14.2 Å².